The van der Waals surface area contributed by atoms with Crippen molar-refractivity contribution < 1.29 is 17.7 Å². The summed E-state index contributed by atoms with van der Waals surface area (Å²) in [5, 5.41) is 11.4. The molecule has 0 amide bonds. The Balaban J connectivity index is -0.0000000954. The third-order valence-corrected chi connectivity index (χ3v) is 10.9. The normalized spacial score (nSPS) is 7.56. The van der Waals surface area contributed by atoms with Crippen molar-refractivity contribution in [2.75, 3.05) is 0 Å². The first-order valence-electron chi connectivity index (χ1n) is 27.6. The van der Waals surface area contributed by atoms with Crippen molar-refractivity contribution in [3.63, 3.8) is 0 Å². The van der Waals surface area contributed by atoms with Gasteiger partial charge >= 0.3 is 0 Å². The highest BCUT2D eigenvalue weighted by atomic mass is 32.1. The Morgan fingerprint density at radius 3 is 1.11 bits per heavy atom. The predicted molar refractivity (Wildman–Crippen MR) is 364 cm³/mol. The van der Waals surface area contributed by atoms with Crippen LogP contribution in [0.3, 0.4) is 0 Å². The van der Waals surface area contributed by atoms with E-state index in [0.29, 0.717) is 0 Å². The molecule has 452 valence electrons. The van der Waals surface area contributed by atoms with E-state index in [-0.39, 0.29) is 0 Å². The van der Waals surface area contributed by atoms with Crippen LogP contribution in [0.2, 0.25) is 0 Å². The summed E-state index contributed by atoms with van der Waals surface area (Å²) in [6.07, 6.45) is 14.8. The minimum atomic E-state index is 0.856. The van der Waals surface area contributed by atoms with Crippen molar-refractivity contribution in [1.29, 1.82) is 0 Å². The van der Waals surface area contributed by atoms with Crippen molar-refractivity contribution in [1.82, 2.24) is 24.9 Å². The molecule has 0 saturated heterocycles. The Kier molecular flexibility index (Phi) is 99.5. The minimum absolute atomic E-state index is 0.856. The predicted octanol–water partition coefficient (Wildman–Crippen LogP) is 25.2. The average molecular weight is 1210 g/mol. The maximum absolute atomic E-state index is 4.83. The third kappa shape index (κ3) is 81.9. The number of thiazole rings is 3. The lowest BCUT2D eigenvalue weighted by Crippen LogP contribution is -1.59. The summed E-state index contributed by atoms with van der Waals surface area (Å²) in [6.45, 7) is 58.1. The maximum atomic E-state index is 4.83. The van der Waals surface area contributed by atoms with Gasteiger partial charge in [-0.05, 0) is 146 Å². The van der Waals surface area contributed by atoms with E-state index in [1.165, 1.54) is 43.4 Å². The van der Waals surface area contributed by atoms with E-state index >= 15 is 0 Å². The van der Waals surface area contributed by atoms with E-state index < -0.39 is 0 Å². The minimum Gasteiger partial charge on any atom is -0.472 e. The number of rotatable bonds is 0. The van der Waals surface area contributed by atoms with E-state index in [1.807, 2.05) is 231 Å². The van der Waals surface area contributed by atoms with Crippen molar-refractivity contribution in [3.8, 4) is 0 Å². The molecule has 0 aromatic carbocycles. The number of aromatic nitrogens is 5. The molecule has 0 radical (unpaired) electrons. The largest absolute Gasteiger partial charge is 0.472 e. The van der Waals surface area contributed by atoms with Gasteiger partial charge in [-0.15, -0.1) is 56.7 Å². The van der Waals surface area contributed by atoms with Crippen molar-refractivity contribution in [3.05, 3.63) is 201 Å². The molecule has 0 spiro atoms. The number of nitrogens with zero attached hydrogens (tertiary/aromatic N) is 5. The number of furan rings is 2. The average Bonchev–Trinajstić information content (AvgIpc) is 4.31. The number of hydrogen-bond donors (Lipinski definition) is 0. The zero-order chi connectivity index (χ0) is 62.9. The quantitative estimate of drug-likeness (QED) is 0.146. The van der Waals surface area contributed by atoms with Gasteiger partial charge in [-0.3, -0.25) is 15.0 Å². The summed E-state index contributed by atoms with van der Waals surface area (Å²) >= 11 is 10.3. The highest BCUT2D eigenvalue weighted by molar-refractivity contribution is 7.12. The molecule has 0 bridgehead atoms. The lowest BCUT2D eigenvalue weighted by molar-refractivity contribution is 0.527. The summed E-state index contributed by atoms with van der Waals surface area (Å²) in [7, 11) is 0. The van der Waals surface area contributed by atoms with Crippen molar-refractivity contribution in [2.24, 2.45) is 0 Å². The molecule has 10 heterocycles. The Bertz CT molecular complexity index is 1770. The fourth-order valence-electron chi connectivity index (χ4n) is 3.34. The SMILES string of the molecule is CC.CC.CC.CC.CC.CC.CC.CC.CC.Cc1ccc(C)s1.Cc1ccco1.Cc1cccs1.Cc1ccoc1.Cc1ccsc1.Cc1cnco1.Cc1cncs1.Cc1cocn1.Cc1cscn1.Cc1nccs1. The van der Waals surface area contributed by atoms with Crippen LogP contribution in [0.4, 0.5) is 0 Å². The third-order valence-electron chi connectivity index (χ3n) is 6.31. The van der Waals surface area contributed by atoms with E-state index in [0.717, 1.165) is 27.9 Å². The molecule has 79 heavy (non-hydrogen) atoms. The molecule has 0 unspecified atom stereocenters. The molecule has 9 nitrogen and oxygen atoms in total. The Labute approximate surface area is 509 Å². The summed E-state index contributed by atoms with van der Waals surface area (Å²) in [4.78, 5) is 24.6. The molecule has 10 aromatic rings. The molecule has 0 atom stereocenters. The molecule has 0 N–H and O–H groups in total. The molecule has 10 rings (SSSR count). The first-order chi connectivity index (χ1) is 38.3. The number of thiophene rings is 3. The summed E-state index contributed by atoms with van der Waals surface area (Å²) in [5.41, 5.74) is 8.23. The first-order valence-corrected chi connectivity index (χ1v) is 32.9. The van der Waals surface area contributed by atoms with Crippen LogP contribution in [-0.2, 0) is 0 Å². The molecule has 0 aliphatic heterocycles. The second-order valence-electron chi connectivity index (χ2n) is 12.2. The van der Waals surface area contributed by atoms with Crippen molar-refractivity contribution >= 4 is 68.0 Å². The van der Waals surface area contributed by atoms with Gasteiger partial charge in [0.25, 0.3) is 0 Å². The second-order valence-corrected chi connectivity index (χ2v) is 18.6. The second kappa shape index (κ2) is 84.3. The monoisotopic (exact) mass is 1210 g/mol. The maximum Gasteiger partial charge on any atom is 0.180 e. The van der Waals surface area contributed by atoms with Gasteiger partial charge < -0.3 is 17.7 Å². The van der Waals surface area contributed by atoms with Crippen LogP contribution < -0.4 is 0 Å². The lowest BCUT2D eigenvalue weighted by atomic mass is 10.4. The fraction of sp³-hybridized carbons (Fsp3) is 0.453. The molecular weight excluding hydrogens is 1100 g/mol. The van der Waals surface area contributed by atoms with Crippen LogP contribution in [0, 0.1) is 76.2 Å². The highest BCUT2D eigenvalue weighted by Crippen LogP contribution is 2.12. The van der Waals surface area contributed by atoms with Crippen LogP contribution in [0.5, 0.6) is 0 Å². The Morgan fingerprint density at radius 2 is 0.987 bits per heavy atom. The van der Waals surface area contributed by atoms with E-state index in [9.17, 15) is 0 Å². The summed E-state index contributed by atoms with van der Waals surface area (Å²) < 4.78 is 18.9. The van der Waals surface area contributed by atoms with E-state index in [1.54, 1.807) is 94.1 Å². The molecular formula is C64H111N5O4S6. The van der Waals surface area contributed by atoms with Gasteiger partial charge in [0, 0.05) is 48.4 Å². The molecule has 0 aliphatic carbocycles. The molecule has 0 fully saturated rings. The topological polar surface area (TPSA) is 117 Å². The van der Waals surface area contributed by atoms with Gasteiger partial charge in [-0.1, -0.05) is 131 Å². The van der Waals surface area contributed by atoms with E-state index in [4.69, 9.17) is 13.3 Å². The number of aryl methyl sites for hydroxylation is 11. The Morgan fingerprint density at radius 1 is 0.380 bits per heavy atom. The van der Waals surface area contributed by atoms with Crippen LogP contribution >= 0.6 is 68.0 Å². The standard InChI is InChI=1S/C6H8S.2C5H6O.2C5H6S.2C4H5NO.3C4H5NS.9C2H6/c1-5-3-4-6(2)7-5;1-5-2-3-6-4-5;1-5-3-2-4-6-5;1-5-2-3-6-4-5;1-5-3-2-4-6-5;1-4-2-6-3-5-4;1-4-2-5-3-6-4;1-4-2-6-3-5-4;1-4-2-5-3-6-4;1-4-5-2-3-6-4;9*1-2/h3-4H,1-2H3;4*2-4H,1H3;5*2-3H,1H3;9*1-2H3. The van der Waals surface area contributed by atoms with Gasteiger partial charge in [-0.2, -0.15) is 11.3 Å². The zero-order valence-electron chi connectivity index (χ0n) is 54.7. The molecule has 0 saturated carbocycles. The first kappa shape index (κ1) is 93.3. The van der Waals surface area contributed by atoms with Gasteiger partial charge in [0.15, 0.2) is 12.8 Å². The molecule has 10 aromatic heterocycles. The fourth-order valence-corrected chi connectivity index (χ4v) is 6.71. The van der Waals surface area contributed by atoms with Crippen LogP contribution in [-0.4, -0.2) is 24.9 Å². The number of oxazole rings is 2. The summed E-state index contributed by atoms with van der Waals surface area (Å²) in [6, 6.07) is 16.2. The Hall–Kier alpha value is -5.03. The number of hydrogen-bond acceptors (Lipinski definition) is 15. The van der Waals surface area contributed by atoms with Gasteiger partial charge in [0.2, 0.25) is 0 Å². The van der Waals surface area contributed by atoms with Gasteiger partial charge in [0.05, 0.1) is 46.7 Å². The highest BCUT2D eigenvalue weighted by Gasteiger charge is 1.85. The van der Waals surface area contributed by atoms with Crippen LogP contribution in [0.15, 0.2) is 161 Å². The van der Waals surface area contributed by atoms with Crippen LogP contribution in [0.1, 0.15) is 183 Å². The smallest absolute Gasteiger partial charge is 0.180 e. The van der Waals surface area contributed by atoms with Gasteiger partial charge in [0.1, 0.15) is 17.8 Å². The van der Waals surface area contributed by atoms with Gasteiger partial charge in [-0.25, -0.2) is 9.97 Å². The summed E-state index contributed by atoms with van der Waals surface area (Å²) in [5.74, 6) is 1.82. The lowest BCUT2D eigenvalue weighted by Gasteiger charge is -1.71. The van der Waals surface area contributed by atoms with E-state index in [2.05, 4.69) is 104 Å². The van der Waals surface area contributed by atoms with Crippen LogP contribution in [0.25, 0.3) is 0 Å². The molecule has 15 heteroatoms. The van der Waals surface area contributed by atoms with Crippen molar-refractivity contribution in [2.45, 2.75) is 201 Å². The zero-order valence-corrected chi connectivity index (χ0v) is 59.6. The molecule has 0 aliphatic rings.